The molecule has 0 aliphatic carbocycles. The zero-order valence-corrected chi connectivity index (χ0v) is 14.1. The fraction of sp³-hybridized carbons (Fsp3) is 0.353. The van der Waals surface area contributed by atoms with Crippen LogP contribution in [0.15, 0.2) is 28.2 Å². The van der Waals surface area contributed by atoms with Gasteiger partial charge in [-0.05, 0) is 47.9 Å². The van der Waals surface area contributed by atoms with E-state index in [2.05, 4.69) is 65.8 Å². The van der Waals surface area contributed by atoms with E-state index < -0.39 is 0 Å². The summed E-state index contributed by atoms with van der Waals surface area (Å²) in [5.41, 5.74) is 9.69. The predicted octanol–water partition coefficient (Wildman–Crippen LogP) is 4.14. The third kappa shape index (κ3) is 1.85. The molecule has 0 fully saturated rings. The number of H-pyrrole nitrogens is 1. The minimum absolute atomic E-state index is 0.101. The van der Waals surface area contributed by atoms with Crippen LogP contribution in [0.4, 0.5) is 0 Å². The zero-order valence-electron chi connectivity index (χ0n) is 13.3. The molecule has 4 rings (SSSR count). The molecule has 2 aliphatic rings. The summed E-state index contributed by atoms with van der Waals surface area (Å²) in [5, 5.41) is 5.70. The van der Waals surface area contributed by atoms with E-state index in [9.17, 15) is 0 Å². The van der Waals surface area contributed by atoms with Crippen molar-refractivity contribution in [2.75, 3.05) is 0 Å². The summed E-state index contributed by atoms with van der Waals surface area (Å²) in [6.45, 7) is 8.87. The van der Waals surface area contributed by atoms with Crippen LogP contribution in [0.5, 0.6) is 0 Å². The van der Waals surface area contributed by atoms with Crippen LogP contribution in [0.3, 0.4) is 0 Å². The van der Waals surface area contributed by atoms with E-state index in [1.54, 1.807) is 17.7 Å². The fourth-order valence-corrected chi connectivity index (χ4v) is 4.35. The molecule has 2 aromatic heterocycles. The Morgan fingerprint density at radius 3 is 2.91 bits per heavy atom. The van der Waals surface area contributed by atoms with Gasteiger partial charge in [-0.15, -0.1) is 11.3 Å². The van der Waals surface area contributed by atoms with Crippen molar-refractivity contribution in [1.29, 1.82) is 0 Å². The molecule has 0 radical (unpaired) electrons. The van der Waals surface area contributed by atoms with Gasteiger partial charge in [0, 0.05) is 17.2 Å². The van der Waals surface area contributed by atoms with Crippen LogP contribution in [0.2, 0.25) is 0 Å². The Labute approximate surface area is 134 Å². The summed E-state index contributed by atoms with van der Waals surface area (Å²) in [6, 6.07) is 0. The van der Waals surface area contributed by atoms with E-state index >= 15 is 0 Å². The number of aromatic nitrogens is 1. The van der Waals surface area contributed by atoms with Gasteiger partial charge < -0.3 is 4.98 Å². The largest absolute Gasteiger partial charge is 0.346 e. The molecule has 2 aliphatic heterocycles. The highest BCUT2D eigenvalue weighted by Crippen LogP contribution is 2.39. The molecule has 0 aromatic carbocycles. The van der Waals surface area contributed by atoms with Crippen molar-refractivity contribution in [3.63, 3.8) is 0 Å². The number of rotatable bonds is 2. The number of nitrogens with one attached hydrogen (secondary N) is 2. The Morgan fingerprint density at radius 1 is 1.32 bits per heavy atom. The Bertz CT molecular complexity index is 834. The first kappa shape index (κ1) is 13.6. The van der Waals surface area contributed by atoms with Crippen molar-refractivity contribution < 1.29 is 0 Å². The van der Waals surface area contributed by atoms with Crippen molar-refractivity contribution in [2.45, 2.75) is 39.8 Å². The minimum Gasteiger partial charge on any atom is -0.346 e. The van der Waals surface area contributed by atoms with Crippen LogP contribution in [-0.2, 0) is 0 Å². The lowest BCUT2D eigenvalue weighted by Crippen LogP contribution is -2.36. The summed E-state index contributed by atoms with van der Waals surface area (Å²) < 4.78 is 0. The number of aryl methyl sites for hydroxylation is 1. The molecule has 0 saturated heterocycles. The number of aromatic amines is 1. The van der Waals surface area contributed by atoms with E-state index in [0.717, 1.165) is 0 Å². The lowest BCUT2D eigenvalue weighted by Gasteiger charge is -2.27. The number of hydrogen-bond acceptors (Lipinski definition) is 4. The first-order chi connectivity index (χ1) is 10.6. The Morgan fingerprint density at radius 2 is 2.14 bits per heavy atom. The van der Waals surface area contributed by atoms with Crippen molar-refractivity contribution in [3.05, 3.63) is 40.0 Å². The molecular formula is C17H20N4S. The van der Waals surface area contributed by atoms with Gasteiger partial charge in [0.05, 0.1) is 5.69 Å². The molecule has 0 bridgehead atoms. The molecule has 1 unspecified atom stereocenters. The fourth-order valence-electron chi connectivity index (χ4n) is 3.38. The van der Waals surface area contributed by atoms with Gasteiger partial charge in [-0.2, -0.15) is 0 Å². The van der Waals surface area contributed by atoms with Crippen LogP contribution >= 0.6 is 11.3 Å². The molecular weight excluding hydrogens is 292 g/mol. The first-order valence-electron chi connectivity index (χ1n) is 7.62. The third-order valence-corrected chi connectivity index (χ3v) is 5.39. The van der Waals surface area contributed by atoms with Crippen LogP contribution in [-0.4, -0.2) is 22.5 Å². The van der Waals surface area contributed by atoms with Gasteiger partial charge in [-0.25, -0.2) is 4.99 Å². The number of hydrazine groups is 1. The highest BCUT2D eigenvalue weighted by atomic mass is 32.1. The van der Waals surface area contributed by atoms with E-state index in [1.165, 1.54) is 38.2 Å². The first-order valence-corrected chi connectivity index (χ1v) is 8.50. The molecule has 1 atom stereocenters. The lowest BCUT2D eigenvalue weighted by molar-refractivity contribution is 0.305. The quantitative estimate of drug-likeness (QED) is 0.875. The third-order valence-electron chi connectivity index (χ3n) is 4.37. The number of thiophene rings is 1. The second kappa shape index (κ2) is 4.74. The number of fused-ring (bicyclic) bond motifs is 2. The average Bonchev–Trinajstić information content (AvgIpc) is 3.14. The van der Waals surface area contributed by atoms with Gasteiger partial charge in [0.1, 0.15) is 11.2 Å². The summed E-state index contributed by atoms with van der Waals surface area (Å²) >= 11 is 1.79. The topological polar surface area (TPSA) is 43.4 Å². The van der Waals surface area contributed by atoms with Gasteiger partial charge in [0.25, 0.3) is 0 Å². The Hall–Kier alpha value is -2.01. The normalized spacial score (nSPS) is 20.4. The molecule has 0 amide bonds. The number of allylic oxidation sites excluding steroid dienone is 2. The molecule has 4 heterocycles. The van der Waals surface area contributed by atoms with Gasteiger partial charge in [-0.1, -0.05) is 13.8 Å². The monoisotopic (exact) mass is 312 g/mol. The van der Waals surface area contributed by atoms with E-state index in [0.29, 0.717) is 5.92 Å². The van der Waals surface area contributed by atoms with Crippen molar-refractivity contribution in [3.8, 4) is 0 Å². The number of nitrogens with zero attached hydrogens (tertiary/aromatic N) is 2. The summed E-state index contributed by atoms with van der Waals surface area (Å²) in [5.74, 6) is 0.479. The standard InChI is InChI=1S/C17H20N4S/c1-9(2)13-14-11(4)7-22-17(14)20-15(13)12-5-10(3)16-18-8-19-21(16)6-12/h5-9,16,20H,1-4H3,(H,18,19). The minimum atomic E-state index is 0.101. The van der Waals surface area contributed by atoms with Crippen LogP contribution in [0.1, 0.15) is 43.5 Å². The summed E-state index contributed by atoms with van der Waals surface area (Å²) in [7, 11) is 0. The second-order valence-electron chi connectivity index (χ2n) is 6.35. The van der Waals surface area contributed by atoms with E-state index in [1.807, 2.05) is 0 Å². The van der Waals surface area contributed by atoms with E-state index in [4.69, 9.17) is 0 Å². The van der Waals surface area contributed by atoms with Gasteiger partial charge in [0.15, 0.2) is 6.17 Å². The predicted molar refractivity (Wildman–Crippen MR) is 94.0 cm³/mol. The molecule has 22 heavy (non-hydrogen) atoms. The smallest absolute Gasteiger partial charge is 0.162 e. The molecule has 2 aromatic rings. The Kier molecular flexibility index (Phi) is 2.94. The zero-order chi connectivity index (χ0) is 15.4. The van der Waals surface area contributed by atoms with Gasteiger partial charge in [0.2, 0.25) is 0 Å². The molecule has 5 heteroatoms. The molecule has 0 spiro atoms. The van der Waals surface area contributed by atoms with E-state index in [-0.39, 0.29) is 6.17 Å². The summed E-state index contributed by atoms with van der Waals surface area (Å²) in [6.07, 6.45) is 6.27. The van der Waals surface area contributed by atoms with Gasteiger partial charge >= 0.3 is 0 Å². The van der Waals surface area contributed by atoms with Crippen LogP contribution in [0, 0.1) is 6.92 Å². The molecule has 114 valence electrons. The maximum atomic E-state index is 4.44. The average molecular weight is 312 g/mol. The highest BCUT2D eigenvalue weighted by molar-refractivity contribution is 7.17. The number of aliphatic imine (C=N–C) groups is 1. The maximum absolute atomic E-state index is 4.44. The maximum Gasteiger partial charge on any atom is 0.162 e. The van der Waals surface area contributed by atoms with Crippen molar-refractivity contribution in [2.24, 2.45) is 4.99 Å². The highest BCUT2D eigenvalue weighted by Gasteiger charge is 2.27. The number of hydrogen-bond donors (Lipinski definition) is 2. The SMILES string of the molecule is CC1=CC(c2[nH]c3scc(C)c3c2C(C)C)=CN2NC=NC12. The molecule has 0 saturated carbocycles. The van der Waals surface area contributed by atoms with Gasteiger partial charge in [-0.3, -0.25) is 10.4 Å². The van der Waals surface area contributed by atoms with Crippen LogP contribution < -0.4 is 5.43 Å². The summed E-state index contributed by atoms with van der Waals surface area (Å²) in [4.78, 5) is 9.36. The molecule has 4 nitrogen and oxygen atoms in total. The van der Waals surface area contributed by atoms with Crippen molar-refractivity contribution in [1.82, 2.24) is 15.4 Å². The second-order valence-corrected chi connectivity index (χ2v) is 7.23. The lowest BCUT2D eigenvalue weighted by atomic mass is 9.94. The van der Waals surface area contributed by atoms with Crippen LogP contribution in [0.25, 0.3) is 15.8 Å². The molecule has 2 N–H and O–H groups in total. The Balaban J connectivity index is 1.90. The van der Waals surface area contributed by atoms with Crippen molar-refractivity contribution >= 4 is 33.5 Å².